The summed E-state index contributed by atoms with van der Waals surface area (Å²) in [7, 11) is -4.38. The Hall–Kier alpha value is -6.10. The van der Waals surface area contributed by atoms with Gasteiger partial charge in [0.1, 0.15) is 33.8 Å². The molecule has 1 unspecified atom stereocenters. The van der Waals surface area contributed by atoms with E-state index < -0.39 is 45.8 Å². The number of aliphatic carboxylic acids is 2. The first kappa shape index (κ1) is 50.8. The summed E-state index contributed by atoms with van der Waals surface area (Å²) in [4.78, 5) is 48.9. The molecule has 13 N–H and O–H groups in total. The lowest BCUT2D eigenvalue weighted by Gasteiger charge is -2.44. The summed E-state index contributed by atoms with van der Waals surface area (Å²) in [5.74, 6) is -2.77. The van der Waals surface area contributed by atoms with Crippen molar-refractivity contribution in [2.75, 3.05) is 16.4 Å². The first-order valence-electron chi connectivity index (χ1n) is 22.2. The molecule has 69 heavy (non-hydrogen) atoms. The Morgan fingerprint density at radius 1 is 0.754 bits per heavy atom. The second-order valence-electron chi connectivity index (χ2n) is 18.5. The van der Waals surface area contributed by atoms with Crippen LogP contribution in [0.4, 0.5) is 17.1 Å². The number of amides is 2. The minimum atomic E-state index is -2.20. The summed E-state index contributed by atoms with van der Waals surface area (Å²) in [5, 5.41) is 48.7. The summed E-state index contributed by atoms with van der Waals surface area (Å²) < 4.78 is 6.62. The summed E-state index contributed by atoms with van der Waals surface area (Å²) in [6.07, 6.45) is 6.24. The largest absolute Gasteiger partial charge is 0.480 e. The van der Waals surface area contributed by atoms with Gasteiger partial charge in [0.25, 0.3) is 0 Å². The zero-order valence-electron chi connectivity index (χ0n) is 38.1. The predicted molar refractivity (Wildman–Crippen MR) is 281 cm³/mol. The highest BCUT2D eigenvalue weighted by molar-refractivity contribution is 7.10. The maximum absolute atomic E-state index is 12.5. The molecule has 0 saturated heterocycles. The number of thiophene rings is 2. The number of carboxylic acid groups (broad SMARTS) is 2. The first-order chi connectivity index (χ1) is 32.3. The number of nitrogens with two attached hydrogens (primary N) is 4. The topological polar surface area (TPSA) is 266 Å². The van der Waals surface area contributed by atoms with Crippen LogP contribution in [0, 0.1) is 0 Å². The van der Waals surface area contributed by atoms with Crippen molar-refractivity contribution in [2.24, 2.45) is 11.5 Å². The van der Waals surface area contributed by atoms with Crippen molar-refractivity contribution >= 4 is 106 Å². The third kappa shape index (κ3) is 9.38. The van der Waals surface area contributed by atoms with E-state index in [1.54, 1.807) is 11.3 Å². The summed E-state index contributed by atoms with van der Waals surface area (Å²) in [6.45, 7) is 9.62. The Balaban J connectivity index is 0.000000201. The van der Waals surface area contributed by atoms with Gasteiger partial charge in [-0.15, -0.1) is 22.7 Å². The molecule has 3 aliphatic heterocycles. The van der Waals surface area contributed by atoms with E-state index in [1.165, 1.54) is 37.3 Å². The quantitative estimate of drug-likeness (QED) is 0.0625. The number of nitrogens with one attached hydrogen (secondary N) is 2. The van der Waals surface area contributed by atoms with Gasteiger partial charge < -0.3 is 47.9 Å². The lowest BCUT2D eigenvalue weighted by atomic mass is 9.80. The normalized spacial score (nSPS) is 18.4. The molecule has 1 aliphatic carbocycles. The van der Waals surface area contributed by atoms with E-state index in [0.717, 1.165) is 49.2 Å². The molecule has 3 atom stereocenters. The molecule has 14 nitrogen and oxygen atoms in total. The van der Waals surface area contributed by atoms with Crippen LogP contribution in [0.5, 0.6) is 0 Å². The van der Waals surface area contributed by atoms with Gasteiger partial charge in [0, 0.05) is 57.4 Å². The third-order valence-electron chi connectivity index (χ3n) is 13.4. The number of hydrogen-bond donors (Lipinski definition) is 9. The minimum Gasteiger partial charge on any atom is -0.480 e. The lowest BCUT2D eigenvalue weighted by Crippen LogP contribution is -2.63. The SMILES string of the molecule is C.C[Si]1(C)C2=CC(=[NH2+])C=CC2=C(c2ccsc2CO)c2ccc(NC(=O)CC[C@H](N)C(=O)O)cc21.C[Si]1(C)c2cc(N)ccc2C2(OCc3sccc32)c2ccc(NC(=O)CC[C@H](N)C(=O)O)cc21. The molecule has 5 heterocycles. The van der Waals surface area contributed by atoms with Gasteiger partial charge in [-0.05, 0) is 132 Å². The highest BCUT2D eigenvalue weighted by Crippen LogP contribution is 2.51. The van der Waals surface area contributed by atoms with Gasteiger partial charge >= 0.3 is 11.9 Å². The van der Waals surface area contributed by atoms with Crippen LogP contribution in [0.15, 0.2) is 106 Å². The summed E-state index contributed by atoms with van der Waals surface area (Å²) >= 11 is 3.23. The van der Waals surface area contributed by atoms with Gasteiger partial charge in [0.15, 0.2) is 5.71 Å². The van der Waals surface area contributed by atoms with Crippen molar-refractivity contribution in [2.45, 2.75) is 90.2 Å². The number of hydrogen-bond acceptors (Lipinski definition) is 11. The Labute approximate surface area is 411 Å². The third-order valence-corrected chi connectivity index (χ3v) is 22.2. The van der Waals surface area contributed by atoms with Crippen LogP contribution in [0.1, 0.15) is 70.7 Å². The number of nitrogen functional groups attached to an aromatic ring is 1. The van der Waals surface area contributed by atoms with Crippen LogP contribution in [0.25, 0.3) is 5.57 Å². The number of rotatable bonds is 12. The second-order valence-corrected chi connectivity index (χ2v) is 29.1. The van der Waals surface area contributed by atoms with Crippen LogP contribution < -0.4 is 48.8 Å². The van der Waals surface area contributed by atoms with Gasteiger partial charge in [-0.25, -0.2) is 0 Å². The van der Waals surface area contributed by atoms with E-state index in [1.807, 2.05) is 53.9 Å². The Morgan fingerprint density at radius 2 is 1.33 bits per heavy atom. The average Bonchev–Trinajstić information content (AvgIpc) is 4.06. The molecular formula is C51H59N6O8S2Si2+. The molecule has 1 spiro atoms. The van der Waals surface area contributed by atoms with Crippen LogP contribution >= 0.6 is 22.7 Å². The molecule has 0 saturated carbocycles. The second kappa shape index (κ2) is 19.7. The van der Waals surface area contributed by atoms with Crippen LogP contribution in [-0.2, 0) is 42.7 Å². The number of carbonyl (C=O) groups excluding carboxylic acids is 2. The number of allylic oxidation sites excluding steroid dienone is 5. The van der Waals surface area contributed by atoms with Crippen molar-refractivity contribution < 1.29 is 44.6 Å². The molecular weight excluding hydrogens is 945 g/mol. The lowest BCUT2D eigenvalue weighted by molar-refractivity contribution is -0.139. The summed E-state index contributed by atoms with van der Waals surface area (Å²) in [6, 6.07) is 20.1. The smallest absolute Gasteiger partial charge is 0.320 e. The molecule has 2 amide bonds. The molecule has 2 aromatic heterocycles. The standard InChI is InChI=1S/2C25H27N3O4SSi.CH4/c1-34(2)21-11-14(26)3-5-17(21)25(16-9-10-33-20(16)13-32-25)18-6-4-15(12-22(18)34)28-23(29)8-7-19(27)24(30)31;1-34(2)21-11-14(26)3-5-17(21)24(16-9-10-33-20(16)13-29)18-6-4-15(12-22(18)34)28-23(30)8-7-19(27)25(31)32;/h3-6,9-12,19H,7-8,13,26-27H2,1-2H3,(H,28,29)(H,30,31);3-6,9-12,19,26,29H,7-8,13,27H2,1-2H3,(H,28,30)(H,31,32);1H4/p+1/t19-,25?;19-;/m00./s1. The highest BCUT2D eigenvalue weighted by atomic mass is 32.1. The fourth-order valence-electron chi connectivity index (χ4n) is 9.77. The highest BCUT2D eigenvalue weighted by Gasteiger charge is 2.53. The van der Waals surface area contributed by atoms with E-state index in [9.17, 15) is 24.3 Å². The molecule has 9 rings (SSSR count). The van der Waals surface area contributed by atoms with E-state index in [4.69, 9.17) is 37.6 Å². The molecule has 3 aromatic carbocycles. The number of carbonyl (C=O) groups is 4. The van der Waals surface area contributed by atoms with Gasteiger partial charge in [-0.2, -0.15) is 0 Å². The van der Waals surface area contributed by atoms with E-state index >= 15 is 0 Å². The van der Waals surface area contributed by atoms with Crippen molar-refractivity contribution in [1.29, 1.82) is 0 Å². The number of carboxylic acids is 2. The fraction of sp³-hybridized carbons (Fsp3) is 0.275. The van der Waals surface area contributed by atoms with E-state index in [-0.39, 0.29) is 51.5 Å². The first-order valence-corrected chi connectivity index (χ1v) is 30.0. The van der Waals surface area contributed by atoms with E-state index in [0.29, 0.717) is 23.7 Å². The van der Waals surface area contributed by atoms with Gasteiger partial charge in [0.2, 0.25) is 11.8 Å². The number of benzene rings is 3. The Bertz CT molecular complexity index is 3010. The average molecular weight is 1000 g/mol. The Kier molecular flexibility index (Phi) is 14.5. The molecule has 18 heteroatoms. The number of aliphatic hydroxyl groups excluding tert-OH is 1. The number of fused-ring (bicyclic) bond motifs is 8. The van der Waals surface area contributed by atoms with Crippen molar-refractivity contribution in [3.8, 4) is 0 Å². The number of ether oxygens (including phenoxy) is 1. The molecule has 0 bridgehead atoms. The van der Waals surface area contributed by atoms with Crippen molar-refractivity contribution in [3.05, 3.63) is 144 Å². The predicted octanol–water partition coefficient (Wildman–Crippen LogP) is 4.39. The van der Waals surface area contributed by atoms with Crippen LogP contribution in [0.2, 0.25) is 26.2 Å². The van der Waals surface area contributed by atoms with Crippen molar-refractivity contribution in [1.82, 2.24) is 0 Å². The fourth-order valence-corrected chi connectivity index (χ4v) is 17.6. The maximum atomic E-state index is 12.5. The molecule has 0 fully saturated rings. The van der Waals surface area contributed by atoms with E-state index in [2.05, 4.69) is 78.6 Å². The van der Waals surface area contributed by atoms with Crippen LogP contribution in [-0.4, -0.2) is 73.0 Å². The number of aliphatic hydroxyl groups is 1. The molecule has 360 valence electrons. The Morgan fingerprint density at radius 3 is 1.96 bits per heavy atom. The summed E-state index contributed by atoms with van der Waals surface area (Å²) in [5.41, 5.74) is 27.1. The maximum Gasteiger partial charge on any atom is 0.320 e. The van der Waals surface area contributed by atoms with Crippen molar-refractivity contribution in [3.63, 3.8) is 0 Å². The number of anilines is 3. The van der Waals surface area contributed by atoms with Crippen LogP contribution in [0.3, 0.4) is 0 Å². The molecule has 4 aliphatic rings. The van der Waals surface area contributed by atoms with Gasteiger partial charge in [-0.1, -0.05) is 51.8 Å². The zero-order valence-corrected chi connectivity index (χ0v) is 41.8. The zero-order chi connectivity index (χ0) is 48.9. The monoisotopic (exact) mass is 1000 g/mol. The molecule has 5 aromatic rings. The van der Waals surface area contributed by atoms with Gasteiger partial charge in [0.05, 0.1) is 13.2 Å². The minimum absolute atomic E-state index is 0. The van der Waals surface area contributed by atoms with Gasteiger partial charge in [-0.3, -0.25) is 24.6 Å². The molecule has 0 radical (unpaired) electrons.